The van der Waals surface area contributed by atoms with E-state index in [9.17, 15) is 18.0 Å². The Labute approximate surface area is 214 Å². The molecule has 0 aliphatic carbocycles. The fourth-order valence-electron chi connectivity index (χ4n) is 5.45. The molecule has 9 heteroatoms. The van der Waals surface area contributed by atoms with Gasteiger partial charge < -0.3 is 14.3 Å². The number of hydrogen-bond acceptors (Lipinski definition) is 3. The molecule has 5 rings (SSSR count). The number of nitrogens with one attached hydrogen (secondary N) is 1. The number of imidazole rings is 1. The van der Waals surface area contributed by atoms with E-state index in [1.54, 1.807) is 29.6 Å². The van der Waals surface area contributed by atoms with Crippen LogP contribution >= 0.6 is 0 Å². The zero-order valence-electron chi connectivity index (χ0n) is 21.6. The lowest BCUT2D eigenvalue weighted by atomic mass is 9.87. The van der Waals surface area contributed by atoms with Crippen molar-refractivity contribution in [1.29, 1.82) is 0 Å². The van der Waals surface area contributed by atoms with E-state index in [1.807, 2.05) is 19.9 Å². The minimum absolute atomic E-state index is 0.0115. The number of amides is 1. The molecule has 0 unspecified atom stereocenters. The zero-order chi connectivity index (χ0) is 26.5. The molecule has 4 heterocycles. The molecule has 1 N–H and O–H groups in total. The van der Waals surface area contributed by atoms with Crippen LogP contribution in [0.15, 0.2) is 42.9 Å². The summed E-state index contributed by atoms with van der Waals surface area (Å²) >= 11 is 0. The average molecular weight is 512 g/mol. The van der Waals surface area contributed by atoms with Gasteiger partial charge in [-0.05, 0) is 67.1 Å². The second kappa shape index (κ2) is 9.52. The molecule has 0 spiro atoms. The van der Waals surface area contributed by atoms with Crippen LogP contribution in [0.3, 0.4) is 0 Å². The maximum atomic E-state index is 14.1. The Bertz CT molecular complexity index is 1440. The minimum atomic E-state index is -4.51. The number of alkyl halides is 3. The van der Waals surface area contributed by atoms with Gasteiger partial charge in [-0.15, -0.1) is 0 Å². The molecule has 37 heavy (non-hydrogen) atoms. The lowest BCUT2D eigenvalue weighted by molar-refractivity contribution is -0.137. The average Bonchev–Trinajstić information content (AvgIpc) is 3.46. The molecule has 0 atom stereocenters. The van der Waals surface area contributed by atoms with Crippen molar-refractivity contribution in [3.05, 3.63) is 59.5 Å². The van der Waals surface area contributed by atoms with Gasteiger partial charge in [0.25, 0.3) is 0 Å². The molecule has 1 aromatic carbocycles. The number of nitrogens with zero attached hydrogens (tertiary/aromatic N) is 4. The van der Waals surface area contributed by atoms with Gasteiger partial charge in [0, 0.05) is 49.2 Å². The number of likely N-dealkylation sites (N-methyl/N-ethyl adjacent to an activating group) is 1. The molecule has 0 saturated carbocycles. The van der Waals surface area contributed by atoms with E-state index in [0.29, 0.717) is 18.2 Å². The van der Waals surface area contributed by atoms with Gasteiger partial charge in [-0.2, -0.15) is 13.2 Å². The first kappa shape index (κ1) is 25.3. The third kappa shape index (κ3) is 4.84. The van der Waals surface area contributed by atoms with E-state index in [0.717, 1.165) is 48.5 Å². The van der Waals surface area contributed by atoms with Crippen molar-refractivity contribution in [1.82, 2.24) is 24.2 Å². The predicted octanol–water partition coefficient (Wildman–Crippen LogP) is 5.89. The summed E-state index contributed by atoms with van der Waals surface area (Å²) < 4.78 is 44.0. The highest BCUT2D eigenvalue weighted by atomic mass is 19.4. The van der Waals surface area contributed by atoms with Crippen molar-refractivity contribution in [3.8, 4) is 11.3 Å². The Morgan fingerprint density at radius 3 is 2.57 bits per heavy atom. The summed E-state index contributed by atoms with van der Waals surface area (Å²) in [5, 5.41) is 0.964. The first-order valence-corrected chi connectivity index (χ1v) is 12.6. The fourth-order valence-corrected chi connectivity index (χ4v) is 5.45. The molecule has 4 aromatic rings. The van der Waals surface area contributed by atoms with Crippen LogP contribution in [-0.2, 0) is 11.0 Å². The van der Waals surface area contributed by atoms with E-state index >= 15 is 0 Å². The molecule has 0 bridgehead atoms. The molecule has 1 aliphatic rings. The van der Waals surface area contributed by atoms with Crippen LogP contribution in [-0.4, -0.2) is 63.8 Å². The van der Waals surface area contributed by atoms with E-state index in [-0.39, 0.29) is 23.0 Å². The van der Waals surface area contributed by atoms with Gasteiger partial charge in [0.1, 0.15) is 5.65 Å². The van der Waals surface area contributed by atoms with Crippen molar-refractivity contribution in [2.75, 3.05) is 33.7 Å². The van der Waals surface area contributed by atoms with E-state index in [2.05, 4.69) is 27.0 Å². The lowest BCUT2D eigenvalue weighted by Gasteiger charge is -2.32. The van der Waals surface area contributed by atoms with Crippen molar-refractivity contribution < 1.29 is 18.0 Å². The number of likely N-dealkylation sites (tertiary alicyclic amines) is 1. The number of benzene rings is 1. The third-order valence-corrected chi connectivity index (χ3v) is 7.46. The molecule has 0 radical (unpaired) electrons. The smallest absolute Gasteiger partial charge is 0.354 e. The maximum absolute atomic E-state index is 14.1. The number of carbonyl (C=O) groups excluding carboxylic acids is 1. The van der Waals surface area contributed by atoms with Crippen LogP contribution < -0.4 is 0 Å². The van der Waals surface area contributed by atoms with Gasteiger partial charge in [-0.25, -0.2) is 4.98 Å². The lowest BCUT2D eigenvalue weighted by Crippen LogP contribution is -2.40. The van der Waals surface area contributed by atoms with Gasteiger partial charge in [0.05, 0.1) is 17.8 Å². The number of carbonyl (C=O) groups is 1. The van der Waals surface area contributed by atoms with Crippen LogP contribution in [0.1, 0.15) is 55.2 Å². The highest BCUT2D eigenvalue weighted by Crippen LogP contribution is 2.43. The van der Waals surface area contributed by atoms with E-state index in [1.165, 1.54) is 18.0 Å². The number of pyridine rings is 1. The molecule has 1 saturated heterocycles. The molecule has 1 aliphatic heterocycles. The van der Waals surface area contributed by atoms with Gasteiger partial charge in [0.2, 0.25) is 5.91 Å². The number of piperidine rings is 1. The number of hydrogen-bond donors (Lipinski definition) is 1. The Morgan fingerprint density at radius 1 is 1.19 bits per heavy atom. The summed E-state index contributed by atoms with van der Waals surface area (Å²) in [5.74, 6) is 0.465. The summed E-state index contributed by atoms with van der Waals surface area (Å²) in [6.45, 7) is 6.15. The Hall–Kier alpha value is -3.33. The van der Waals surface area contributed by atoms with Crippen LogP contribution in [0, 0.1) is 0 Å². The van der Waals surface area contributed by atoms with Gasteiger partial charge in [0.15, 0.2) is 0 Å². The van der Waals surface area contributed by atoms with Crippen molar-refractivity contribution in [2.24, 2.45) is 0 Å². The van der Waals surface area contributed by atoms with Gasteiger partial charge >= 0.3 is 6.18 Å². The van der Waals surface area contributed by atoms with Crippen molar-refractivity contribution in [3.63, 3.8) is 0 Å². The Balaban J connectivity index is 1.52. The molecule has 3 aromatic heterocycles. The largest absolute Gasteiger partial charge is 0.417 e. The summed E-state index contributed by atoms with van der Waals surface area (Å²) in [6.07, 6.45) is 2.05. The summed E-state index contributed by atoms with van der Waals surface area (Å²) in [5.41, 5.74) is 3.10. The minimum Gasteiger partial charge on any atom is -0.354 e. The quantitative estimate of drug-likeness (QED) is 0.363. The SMILES string of the molecule is CC(C)c1c(-c2cn3ccnc3cc2C(F)(F)F)[nH]c2ccc(C3CCN(CC(=O)N(C)C)CC3)cc12. The number of rotatable bonds is 5. The molecule has 6 nitrogen and oxygen atoms in total. The van der Waals surface area contributed by atoms with Crippen molar-refractivity contribution in [2.45, 2.75) is 44.7 Å². The normalized spacial score (nSPS) is 15.8. The first-order valence-electron chi connectivity index (χ1n) is 12.6. The Morgan fingerprint density at radius 2 is 1.92 bits per heavy atom. The van der Waals surface area contributed by atoms with Crippen molar-refractivity contribution >= 4 is 22.5 Å². The molecule has 1 amide bonds. The number of fused-ring (bicyclic) bond motifs is 2. The van der Waals surface area contributed by atoms with Crippen LogP contribution in [0.25, 0.3) is 27.8 Å². The summed E-state index contributed by atoms with van der Waals surface area (Å²) in [4.78, 5) is 23.3. The number of halogens is 3. The molecular weight excluding hydrogens is 479 g/mol. The zero-order valence-corrected chi connectivity index (χ0v) is 21.6. The second-order valence-electron chi connectivity index (χ2n) is 10.5. The van der Waals surface area contributed by atoms with Gasteiger partial charge in [-0.1, -0.05) is 19.9 Å². The molecule has 1 fully saturated rings. The topological polar surface area (TPSA) is 56.6 Å². The second-order valence-corrected chi connectivity index (χ2v) is 10.5. The Kier molecular flexibility index (Phi) is 6.52. The molecule has 196 valence electrons. The predicted molar refractivity (Wildman–Crippen MR) is 139 cm³/mol. The highest BCUT2D eigenvalue weighted by Gasteiger charge is 2.36. The van der Waals surface area contributed by atoms with Crippen LogP contribution in [0.5, 0.6) is 0 Å². The third-order valence-electron chi connectivity index (χ3n) is 7.46. The number of H-pyrrole nitrogens is 1. The fraction of sp³-hybridized carbons (Fsp3) is 0.429. The standard InChI is InChI=1S/C28H32F3N5O/c1-17(2)26-20-13-19(18-7-10-35(11-8-18)16-25(37)34(3)4)5-6-23(20)33-27(26)21-15-36-12-9-32-24(36)14-22(21)28(29,30)31/h5-6,9,12-15,17-18,33H,7-8,10-11,16H2,1-4H3. The monoisotopic (exact) mass is 511 g/mol. The number of aromatic nitrogens is 3. The summed E-state index contributed by atoms with van der Waals surface area (Å²) in [6, 6.07) is 7.34. The first-order chi connectivity index (χ1) is 17.5. The van der Waals surface area contributed by atoms with Crippen LogP contribution in [0.2, 0.25) is 0 Å². The molecular formula is C28H32F3N5O. The van der Waals surface area contributed by atoms with E-state index < -0.39 is 11.7 Å². The maximum Gasteiger partial charge on any atom is 0.417 e. The van der Waals surface area contributed by atoms with Crippen LogP contribution in [0.4, 0.5) is 13.2 Å². The van der Waals surface area contributed by atoms with E-state index in [4.69, 9.17) is 0 Å². The highest BCUT2D eigenvalue weighted by molar-refractivity contribution is 5.92. The van der Waals surface area contributed by atoms with Gasteiger partial charge in [-0.3, -0.25) is 9.69 Å². The summed E-state index contributed by atoms with van der Waals surface area (Å²) in [7, 11) is 3.54. The number of aromatic amines is 1.